The zero-order valence-corrected chi connectivity index (χ0v) is 18.7. The first-order valence-corrected chi connectivity index (χ1v) is 10.8. The second-order valence-electron chi connectivity index (χ2n) is 9.86. The molecule has 1 fully saturated rings. The molecule has 164 valence electrons. The van der Waals surface area contributed by atoms with E-state index in [0.717, 1.165) is 23.6 Å². The molecule has 0 bridgehead atoms. The number of hydrogen-bond donors (Lipinski definition) is 2. The van der Waals surface area contributed by atoms with Gasteiger partial charge in [-0.3, -0.25) is 4.79 Å². The molecule has 1 unspecified atom stereocenters. The summed E-state index contributed by atoms with van der Waals surface area (Å²) in [5, 5.41) is 8.98. The average molecular weight is 423 g/mol. The van der Waals surface area contributed by atoms with Gasteiger partial charge in [0.15, 0.2) is 6.10 Å². The van der Waals surface area contributed by atoms with Crippen LogP contribution < -0.4 is 21.0 Å². The fourth-order valence-electron chi connectivity index (χ4n) is 4.93. The minimum atomic E-state index is -0.675. The van der Waals surface area contributed by atoms with Crippen molar-refractivity contribution in [1.29, 1.82) is 0 Å². The van der Waals surface area contributed by atoms with Crippen LogP contribution in [-0.4, -0.2) is 29.1 Å². The van der Waals surface area contributed by atoms with Crippen LogP contribution in [0, 0.1) is 0 Å². The van der Waals surface area contributed by atoms with E-state index in [1.165, 1.54) is 0 Å². The van der Waals surface area contributed by atoms with Gasteiger partial charge in [0.1, 0.15) is 11.3 Å². The van der Waals surface area contributed by atoms with Crippen LogP contribution in [0.5, 0.6) is 5.75 Å². The second kappa shape index (κ2) is 7.68. The van der Waals surface area contributed by atoms with Gasteiger partial charge in [0, 0.05) is 28.6 Å². The minimum absolute atomic E-state index is 0.0531. The Bertz CT molecular complexity index is 1180. The molecule has 1 aromatic heterocycles. The van der Waals surface area contributed by atoms with Crippen molar-refractivity contribution in [3.05, 3.63) is 52.9 Å². The highest BCUT2D eigenvalue weighted by Gasteiger charge is 2.38. The molecule has 0 radical (unpaired) electrons. The molecule has 1 saturated heterocycles. The summed E-state index contributed by atoms with van der Waals surface area (Å²) in [4.78, 5) is 25.1. The highest BCUT2D eigenvalue weighted by atomic mass is 16.5. The quantitative estimate of drug-likeness (QED) is 0.488. The summed E-state index contributed by atoms with van der Waals surface area (Å²) in [5.74, 6) is 0.332. The third-order valence-electron chi connectivity index (χ3n) is 5.81. The lowest BCUT2D eigenvalue weighted by Crippen LogP contribution is -2.62. The fourth-order valence-corrected chi connectivity index (χ4v) is 4.93. The standard InChI is InChI=1S/C25H30N2O4/c1-15(22(28)26-16-13-24(2,3)27-25(4,5)14-16)30-17-10-11-19-18-8-6-7-9-20(18)23(29)31-21(19)12-17/h6-12,15-16,27H,13-14H2,1-5H3,(H,26,28). The minimum Gasteiger partial charge on any atom is -0.481 e. The third kappa shape index (κ3) is 4.59. The summed E-state index contributed by atoms with van der Waals surface area (Å²) in [7, 11) is 0. The Morgan fingerprint density at radius 1 is 1.06 bits per heavy atom. The Balaban J connectivity index is 1.50. The Morgan fingerprint density at radius 2 is 1.71 bits per heavy atom. The third-order valence-corrected chi connectivity index (χ3v) is 5.81. The summed E-state index contributed by atoms with van der Waals surface area (Å²) in [6.45, 7) is 10.3. The molecule has 2 N–H and O–H groups in total. The smallest absolute Gasteiger partial charge is 0.344 e. The summed E-state index contributed by atoms with van der Waals surface area (Å²) >= 11 is 0. The molecular formula is C25H30N2O4. The first-order valence-electron chi connectivity index (χ1n) is 10.8. The van der Waals surface area contributed by atoms with Crippen molar-refractivity contribution in [2.24, 2.45) is 0 Å². The van der Waals surface area contributed by atoms with Gasteiger partial charge in [-0.25, -0.2) is 4.79 Å². The van der Waals surface area contributed by atoms with Crippen molar-refractivity contribution in [1.82, 2.24) is 10.6 Å². The van der Waals surface area contributed by atoms with Gasteiger partial charge in [0.25, 0.3) is 5.91 Å². The number of piperidine rings is 1. The van der Waals surface area contributed by atoms with E-state index >= 15 is 0 Å². The zero-order chi connectivity index (χ0) is 22.4. The number of hydrogen-bond acceptors (Lipinski definition) is 5. The molecule has 0 spiro atoms. The van der Waals surface area contributed by atoms with Crippen LogP contribution in [0.3, 0.4) is 0 Å². The number of fused-ring (bicyclic) bond motifs is 3. The van der Waals surface area contributed by atoms with E-state index in [4.69, 9.17) is 9.15 Å². The largest absolute Gasteiger partial charge is 0.481 e. The zero-order valence-electron chi connectivity index (χ0n) is 18.7. The topological polar surface area (TPSA) is 80.6 Å². The van der Waals surface area contributed by atoms with E-state index in [2.05, 4.69) is 38.3 Å². The normalized spacial score (nSPS) is 19.3. The van der Waals surface area contributed by atoms with Crippen LogP contribution in [0.15, 0.2) is 51.7 Å². The van der Waals surface area contributed by atoms with Crippen LogP contribution >= 0.6 is 0 Å². The Kier molecular flexibility index (Phi) is 5.30. The van der Waals surface area contributed by atoms with Gasteiger partial charge in [-0.15, -0.1) is 0 Å². The molecule has 1 aliphatic heterocycles. The fraction of sp³-hybridized carbons (Fsp3) is 0.440. The summed E-state index contributed by atoms with van der Waals surface area (Å²) in [5.41, 5.74) is -0.0527. The Hall–Kier alpha value is -2.86. The SMILES string of the molecule is CC(Oc1ccc2c(c1)oc(=O)c1ccccc12)C(=O)NC1CC(C)(C)NC(C)(C)C1. The predicted octanol–water partition coefficient (Wildman–Crippen LogP) is 4.14. The van der Waals surface area contributed by atoms with Crippen molar-refractivity contribution < 1.29 is 13.9 Å². The average Bonchev–Trinajstić information content (AvgIpc) is 2.65. The molecule has 0 saturated carbocycles. The van der Waals surface area contributed by atoms with Gasteiger partial charge < -0.3 is 19.8 Å². The maximum Gasteiger partial charge on any atom is 0.344 e. The van der Waals surface area contributed by atoms with Gasteiger partial charge in [-0.05, 0) is 71.0 Å². The van der Waals surface area contributed by atoms with Crippen molar-refractivity contribution in [2.45, 2.75) is 70.7 Å². The Labute approximate surface area is 182 Å². The molecular weight excluding hydrogens is 392 g/mol. The molecule has 31 heavy (non-hydrogen) atoms. The van der Waals surface area contributed by atoms with Crippen molar-refractivity contribution in [3.63, 3.8) is 0 Å². The number of carbonyl (C=O) groups excluding carboxylic acids is 1. The first kappa shape index (κ1) is 21.4. The summed E-state index contributed by atoms with van der Waals surface area (Å²) in [6.07, 6.45) is 1.03. The van der Waals surface area contributed by atoms with E-state index in [1.54, 1.807) is 25.1 Å². The number of rotatable bonds is 4. The molecule has 2 heterocycles. The second-order valence-corrected chi connectivity index (χ2v) is 9.86. The lowest BCUT2D eigenvalue weighted by molar-refractivity contribution is -0.128. The van der Waals surface area contributed by atoms with Crippen molar-refractivity contribution in [2.75, 3.05) is 0 Å². The number of ether oxygens (including phenoxy) is 1. The highest BCUT2D eigenvalue weighted by Crippen LogP contribution is 2.29. The maximum atomic E-state index is 12.8. The van der Waals surface area contributed by atoms with E-state index in [0.29, 0.717) is 16.7 Å². The van der Waals surface area contributed by atoms with E-state index < -0.39 is 6.10 Å². The molecule has 1 aliphatic rings. The van der Waals surface area contributed by atoms with Gasteiger partial charge in [0.05, 0.1) is 5.39 Å². The summed E-state index contributed by atoms with van der Waals surface area (Å²) < 4.78 is 11.4. The van der Waals surface area contributed by atoms with Crippen LogP contribution in [0.2, 0.25) is 0 Å². The lowest BCUT2D eigenvalue weighted by Gasteiger charge is -2.46. The van der Waals surface area contributed by atoms with Crippen molar-refractivity contribution >= 4 is 27.6 Å². The van der Waals surface area contributed by atoms with Gasteiger partial charge in [-0.2, -0.15) is 0 Å². The number of nitrogens with one attached hydrogen (secondary N) is 2. The molecule has 6 heteroatoms. The van der Waals surface area contributed by atoms with Gasteiger partial charge >= 0.3 is 5.63 Å². The van der Waals surface area contributed by atoms with Crippen molar-refractivity contribution in [3.8, 4) is 5.75 Å². The van der Waals surface area contributed by atoms with Gasteiger partial charge in [0.2, 0.25) is 0 Å². The monoisotopic (exact) mass is 422 g/mol. The molecule has 2 aromatic carbocycles. The number of carbonyl (C=O) groups is 1. The molecule has 0 aliphatic carbocycles. The predicted molar refractivity (Wildman–Crippen MR) is 123 cm³/mol. The lowest BCUT2D eigenvalue weighted by atomic mass is 9.79. The number of amides is 1. The molecule has 4 rings (SSSR count). The first-order chi connectivity index (χ1) is 14.5. The van der Waals surface area contributed by atoms with E-state index in [9.17, 15) is 9.59 Å². The van der Waals surface area contributed by atoms with Crippen LogP contribution in [0.1, 0.15) is 47.5 Å². The van der Waals surface area contributed by atoms with E-state index in [1.807, 2.05) is 24.3 Å². The van der Waals surface area contributed by atoms with Crippen LogP contribution in [-0.2, 0) is 4.79 Å². The van der Waals surface area contributed by atoms with Crippen LogP contribution in [0.4, 0.5) is 0 Å². The highest BCUT2D eigenvalue weighted by molar-refractivity contribution is 6.04. The molecule has 3 aromatic rings. The van der Waals surface area contributed by atoms with E-state index in [-0.39, 0.29) is 28.7 Å². The maximum absolute atomic E-state index is 12.8. The van der Waals surface area contributed by atoms with Gasteiger partial charge in [-0.1, -0.05) is 18.2 Å². The number of benzene rings is 2. The molecule has 1 atom stereocenters. The molecule has 6 nitrogen and oxygen atoms in total. The van der Waals surface area contributed by atoms with Crippen LogP contribution in [0.25, 0.3) is 21.7 Å². The Morgan fingerprint density at radius 3 is 2.39 bits per heavy atom. The molecule has 1 amide bonds. The summed E-state index contributed by atoms with van der Waals surface area (Å²) in [6, 6.07) is 12.8.